The maximum Gasteiger partial charge on any atom is 0.156 e. The summed E-state index contributed by atoms with van der Waals surface area (Å²) in [6.07, 6.45) is 11.5. The Balaban J connectivity index is 1.41. The number of imidazole rings is 1. The summed E-state index contributed by atoms with van der Waals surface area (Å²) in [5.74, 6) is 1.44. The van der Waals surface area contributed by atoms with Gasteiger partial charge in [0.25, 0.3) is 0 Å². The molecule has 1 aliphatic heterocycles. The molecule has 0 bridgehead atoms. The van der Waals surface area contributed by atoms with Crippen molar-refractivity contribution in [2.45, 2.75) is 25.5 Å². The third-order valence-electron chi connectivity index (χ3n) is 4.67. The number of rotatable bonds is 5. The summed E-state index contributed by atoms with van der Waals surface area (Å²) in [7, 11) is 2.02. The van der Waals surface area contributed by atoms with Gasteiger partial charge in [0, 0.05) is 69.2 Å². The second-order valence-electron chi connectivity index (χ2n) is 6.29. The SMILES string of the molecule is Cn1ccnc1[C@@H]1OCCC[C@H]1CNCc1c[nH]c2nccnc12. The number of aromatic nitrogens is 5. The standard InChI is InChI=1S/C17H22N6O/c1-23-7-6-21-17(23)15-12(3-2-8-24-15)9-18-10-13-11-22-16-14(13)19-4-5-20-16/h4-7,11-12,15,18H,2-3,8-10H2,1H3,(H,20,22)/t12-,15+/m0/s1. The molecule has 2 N–H and O–H groups in total. The molecule has 0 saturated carbocycles. The first-order chi connectivity index (χ1) is 11.8. The van der Waals surface area contributed by atoms with Crippen LogP contribution in [-0.4, -0.2) is 37.7 Å². The molecule has 0 aromatic carbocycles. The van der Waals surface area contributed by atoms with E-state index in [4.69, 9.17) is 4.74 Å². The van der Waals surface area contributed by atoms with Gasteiger partial charge >= 0.3 is 0 Å². The lowest BCUT2D eigenvalue weighted by Gasteiger charge is -2.31. The Hall–Kier alpha value is -2.25. The molecule has 1 aliphatic rings. The van der Waals surface area contributed by atoms with Crippen LogP contribution in [0, 0.1) is 5.92 Å². The fraction of sp³-hybridized carbons (Fsp3) is 0.471. The van der Waals surface area contributed by atoms with Crippen LogP contribution in [0.25, 0.3) is 11.2 Å². The van der Waals surface area contributed by atoms with Gasteiger partial charge in [-0.3, -0.25) is 4.98 Å². The molecule has 0 unspecified atom stereocenters. The lowest BCUT2D eigenvalue weighted by atomic mass is 9.93. The third kappa shape index (κ3) is 2.92. The maximum absolute atomic E-state index is 6.02. The number of hydrogen-bond donors (Lipinski definition) is 2. The molecule has 0 radical (unpaired) electrons. The Morgan fingerprint density at radius 3 is 3.08 bits per heavy atom. The quantitative estimate of drug-likeness (QED) is 0.749. The van der Waals surface area contributed by atoms with Crippen molar-refractivity contribution in [3.8, 4) is 0 Å². The summed E-state index contributed by atoms with van der Waals surface area (Å²) in [4.78, 5) is 16.3. The number of H-pyrrole nitrogens is 1. The number of fused-ring (bicyclic) bond motifs is 1. The van der Waals surface area contributed by atoms with Crippen molar-refractivity contribution in [1.29, 1.82) is 0 Å². The fourth-order valence-corrected chi connectivity index (χ4v) is 3.42. The van der Waals surface area contributed by atoms with Crippen molar-refractivity contribution in [2.75, 3.05) is 13.2 Å². The van der Waals surface area contributed by atoms with Crippen molar-refractivity contribution in [3.05, 3.63) is 42.4 Å². The second kappa shape index (κ2) is 6.70. The van der Waals surface area contributed by atoms with E-state index in [1.807, 2.05) is 25.6 Å². The largest absolute Gasteiger partial charge is 0.370 e. The van der Waals surface area contributed by atoms with Gasteiger partial charge in [-0.25, -0.2) is 9.97 Å². The van der Waals surface area contributed by atoms with E-state index < -0.39 is 0 Å². The number of aromatic amines is 1. The van der Waals surface area contributed by atoms with E-state index in [-0.39, 0.29) is 6.10 Å². The molecule has 24 heavy (non-hydrogen) atoms. The lowest BCUT2D eigenvalue weighted by molar-refractivity contribution is -0.0344. The first-order valence-corrected chi connectivity index (χ1v) is 8.39. The van der Waals surface area contributed by atoms with Gasteiger partial charge < -0.3 is 19.6 Å². The molecule has 4 heterocycles. The monoisotopic (exact) mass is 326 g/mol. The van der Waals surface area contributed by atoms with Crippen molar-refractivity contribution in [3.63, 3.8) is 0 Å². The number of nitrogens with zero attached hydrogens (tertiary/aromatic N) is 4. The summed E-state index contributed by atoms with van der Waals surface area (Å²) in [5.41, 5.74) is 2.91. The number of nitrogens with one attached hydrogen (secondary N) is 2. The topological polar surface area (TPSA) is 80.6 Å². The maximum atomic E-state index is 6.02. The minimum Gasteiger partial charge on any atom is -0.370 e. The van der Waals surface area contributed by atoms with Gasteiger partial charge in [0.1, 0.15) is 17.4 Å². The summed E-state index contributed by atoms with van der Waals surface area (Å²) in [6.45, 7) is 2.47. The predicted octanol–water partition coefficient (Wildman–Crippen LogP) is 1.95. The first-order valence-electron chi connectivity index (χ1n) is 8.39. The van der Waals surface area contributed by atoms with Crippen molar-refractivity contribution >= 4 is 11.2 Å². The average Bonchev–Trinajstić information content (AvgIpc) is 3.22. The van der Waals surface area contributed by atoms with E-state index in [0.717, 1.165) is 55.1 Å². The zero-order chi connectivity index (χ0) is 16.4. The molecule has 4 rings (SSSR count). The molecule has 1 fully saturated rings. The number of aryl methyl sites for hydroxylation is 1. The van der Waals surface area contributed by atoms with Gasteiger partial charge in [-0.15, -0.1) is 0 Å². The van der Waals surface area contributed by atoms with E-state index in [1.54, 1.807) is 12.4 Å². The van der Waals surface area contributed by atoms with Gasteiger partial charge in [0.15, 0.2) is 5.65 Å². The van der Waals surface area contributed by atoms with Crippen molar-refractivity contribution < 1.29 is 4.74 Å². The highest BCUT2D eigenvalue weighted by Crippen LogP contribution is 2.32. The Labute approximate surface area is 140 Å². The van der Waals surface area contributed by atoms with Gasteiger partial charge in [0.05, 0.1) is 0 Å². The van der Waals surface area contributed by atoms with E-state index in [2.05, 4.69) is 29.8 Å². The highest BCUT2D eigenvalue weighted by atomic mass is 16.5. The molecular weight excluding hydrogens is 304 g/mol. The number of ether oxygens (including phenoxy) is 1. The van der Waals surface area contributed by atoms with Crippen LogP contribution >= 0.6 is 0 Å². The highest BCUT2D eigenvalue weighted by molar-refractivity contribution is 5.74. The molecule has 7 heteroatoms. The van der Waals surface area contributed by atoms with Gasteiger partial charge in [-0.1, -0.05) is 0 Å². The molecule has 0 spiro atoms. The third-order valence-corrected chi connectivity index (χ3v) is 4.67. The molecule has 2 atom stereocenters. The fourth-order valence-electron chi connectivity index (χ4n) is 3.42. The van der Waals surface area contributed by atoms with Crippen LogP contribution < -0.4 is 5.32 Å². The molecule has 126 valence electrons. The second-order valence-corrected chi connectivity index (χ2v) is 6.29. The Bertz CT molecular complexity index is 810. The molecule has 3 aromatic rings. The first kappa shape index (κ1) is 15.3. The predicted molar refractivity (Wildman–Crippen MR) is 90.2 cm³/mol. The number of hydrogen-bond acceptors (Lipinski definition) is 5. The van der Waals surface area contributed by atoms with Crippen molar-refractivity contribution in [1.82, 2.24) is 29.8 Å². The molecular formula is C17H22N6O. The van der Waals surface area contributed by atoms with Gasteiger partial charge in [-0.2, -0.15) is 0 Å². The smallest absolute Gasteiger partial charge is 0.156 e. The van der Waals surface area contributed by atoms with Crippen LogP contribution in [0.5, 0.6) is 0 Å². The molecule has 3 aromatic heterocycles. The molecule has 0 aliphatic carbocycles. The van der Waals surface area contributed by atoms with Crippen LogP contribution in [0.4, 0.5) is 0 Å². The normalized spacial score (nSPS) is 21.4. The summed E-state index contributed by atoms with van der Waals surface area (Å²) < 4.78 is 8.08. The highest BCUT2D eigenvalue weighted by Gasteiger charge is 2.29. The summed E-state index contributed by atoms with van der Waals surface area (Å²) >= 11 is 0. The zero-order valence-corrected chi connectivity index (χ0v) is 13.8. The van der Waals surface area contributed by atoms with Crippen LogP contribution in [0.3, 0.4) is 0 Å². The summed E-state index contributed by atoms with van der Waals surface area (Å²) in [6, 6.07) is 0. The Kier molecular flexibility index (Phi) is 4.27. The van der Waals surface area contributed by atoms with Gasteiger partial charge in [-0.05, 0) is 12.8 Å². The molecule has 7 nitrogen and oxygen atoms in total. The van der Waals surface area contributed by atoms with Crippen LogP contribution in [0.2, 0.25) is 0 Å². The van der Waals surface area contributed by atoms with Crippen LogP contribution in [-0.2, 0) is 18.3 Å². The minimum atomic E-state index is 0.0639. The van der Waals surface area contributed by atoms with E-state index in [0.29, 0.717) is 5.92 Å². The Morgan fingerprint density at radius 1 is 1.29 bits per heavy atom. The minimum absolute atomic E-state index is 0.0639. The summed E-state index contributed by atoms with van der Waals surface area (Å²) in [5, 5.41) is 3.56. The van der Waals surface area contributed by atoms with E-state index >= 15 is 0 Å². The zero-order valence-electron chi connectivity index (χ0n) is 13.8. The molecule has 1 saturated heterocycles. The van der Waals surface area contributed by atoms with E-state index in [1.165, 1.54) is 0 Å². The lowest BCUT2D eigenvalue weighted by Crippen LogP contribution is -2.33. The van der Waals surface area contributed by atoms with E-state index in [9.17, 15) is 0 Å². The van der Waals surface area contributed by atoms with Crippen molar-refractivity contribution in [2.24, 2.45) is 13.0 Å². The average molecular weight is 326 g/mol. The van der Waals surface area contributed by atoms with Crippen LogP contribution in [0.15, 0.2) is 31.0 Å². The van der Waals surface area contributed by atoms with Crippen LogP contribution in [0.1, 0.15) is 30.3 Å². The van der Waals surface area contributed by atoms with Gasteiger partial charge in [0.2, 0.25) is 0 Å². The Morgan fingerprint density at radius 2 is 2.21 bits per heavy atom. The molecule has 0 amide bonds.